The van der Waals surface area contributed by atoms with E-state index in [2.05, 4.69) is 18.6 Å². The second-order valence-corrected chi connectivity index (χ2v) is 4.18. The van der Waals surface area contributed by atoms with Gasteiger partial charge in [0.1, 0.15) is 6.61 Å². The highest BCUT2D eigenvalue weighted by molar-refractivity contribution is 5.56. The second-order valence-electron chi connectivity index (χ2n) is 4.18. The van der Waals surface area contributed by atoms with E-state index >= 15 is 0 Å². The quantitative estimate of drug-likeness (QED) is 0.432. The van der Waals surface area contributed by atoms with Gasteiger partial charge in [0.15, 0.2) is 0 Å². The highest BCUT2D eigenvalue weighted by atomic mass is 16.7. The Kier molecular flexibility index (Phi) is 12.1. The van der Waals surface area contributed by atoms with E-state index in [9.17, 15) is 4.79 Å². The van der Waals surface area contributed by atoms with Crippen molar-refractivity contribution in [1.29, 1.82) is 0 Å². The van der Waals surface area contributed by atoms with Gasteiger partial charge in [-0.25, -0.2) is 4.79 Å². The van der Waals surface area contributed by atoms with Gasteiger partial charge in [0.05, 0.1) is 19.3 Å². The van der Waals surface area contributed by atoms with Crippen LogP contribution >= 0.6 is 0 Å². The molecule has 0 heterocycles. The molecule has 0 aromatic carbocycles. The summed E-state index contributed by atoms with van der Waals surface area (Å²) in [5.41, 5.74) is 0. The van der Waals surface area contributed by atoms with Crippen LogP contribution in [0.3, 0.4) is 0 Å². The average molecular weight is 262 g/mol. The fraction of sp³-hybridized carbons (Fsp3) is 0.923. The molecule has 0 spiro atoms. The third-order valence-corrected chi connectivity index (χ3v) is 2.50. The summed E-state index contributed by atoms with van der Waals surface area (Å²) in [5.74, 6) is 0. The molecule has 1 unspecified atom stereocenters. The molecule has 0 radical (unpaired) electrons. The Labute approximate surface area is 109 Å². The first kappa shape index (κ1) is 17.2. The molecular formula is C13H26O5. The number of carboxylic acid groups (broad SMARTS) is 1. The summed E-state index contributed by atoms with van der Waals surface area (Å²) in [6.45, 7) is 6.10. The predicted octanol–water partition coefficient (Wildman–Crippen LogP) is 3.07. The van der Waals surface area contributed by atoms with Crippen LogP contribution in [-0.4, -0.2) is 43.8 Å². The molecule has 0 aromatic heterocycles. The van der Waals surface area contributed by atoms with Gasteiger partial charge in [-0.05, 0) is 12.8 Å². The van der Waals surface area contributed by atoms with Crippen LogP contribution in [0.5, 0.6) is 0 Å². The normalized spacial score (nSPS) is 12.3. The summed E-state index contributed by atoms with van der Waals surface area (Å²) in [7, 11) is 0. The van der Waals surface area contributed by atoms with Gasteiger partial charge in [-0.15, -0.1) is 0 Å². The van der Waals surface area contributed by atoms with Gasteiger partial charge < -0.3 is 19.3 Å². The van der Waals surface area contributed by atoms with Gasteiger partial charge in [0, 0.05) is 6.61 Å². The summed E-state index contributed by atoms with van der Waals surface area (Å²) in [6.07, 6.45) is 3.65. The van der Waals surface area contributed by atoms with Crippen molar-refractivity contribution in [2.75, 3.05) is 26.4 Å². The molecule has 108 valence electrons. The molecule has 0 fully saturated rings. The van der Waals surface area contributed by atoms with Crippen molar-refractivity contribution in [3.8, 4) is 0 Å². The molecule has 0 aromatic rings. The molecular weight excluding hydrogens is 236 g/mol. The number of rotatable bonds is 12. The van der Waals surface area contributed by atoms with Crippen molar-refractivity contribution >= 4 is 6.16 Å². The van der Waals surface area contributed by atoms with E-state index in [1.54, 1.807) is 0 Å². The summed E-state index contributed by atoms with van der Waals surface area (Å²) in [4.78, 5) is 10.3. The van der Waals surface area contributed by atoms with E-state index in [0.717, 1.165) is 38.7 Å². The molecule has 0 aliphatic heterocycles. The minimum Gasteiger partial charge on any atom is -0.450 e. The lowest BCUT2D eigenvalue weighted by Gasteiger charge is -2.16. The Hall–Kier alpha value is -0.810. The van der Waals surface area contributed by atoms with Crippen LogP contribution in [0.1, 0.15) is 46.0 Å². The number of ether oxygens (including phenoxy) is 3. The van der Waals surface area contributed by atoms with Crippen molar-refractivity contribution in [2.45, 2.75) is 52.1 Å². The maximum Gasteiger partial charge on any atom is 0.505 e. The first-order valence-electron chi connectivity index (χ1n) is 6.75. The molecule has 1 atom stereocenters. The average Bonchev–Trinajstić information content (AvgIpc) is 2.35. The van der Waals surface area contributed by atoms with E-state index in [4.69, 9.17) is 14.6 Å². The standard InChI is InChI=1S/C13H26O5/c1-3-5-7-12(11-18-13(14)15)17-10-9-16-8-6-4-2/h12H,3-11H2,1-2H3,(H,14,15). The van der Waals surface area contributed by atoms with Crippen LogP contribution in [0.2, 0.25) is 0 Å². The topological polar surface area (TPSA) is 65.0 Å². The van der Waals surface area contributed by atoms with Gasteiger partial charge in [-0.3, -0.25) is 0 Å². The van der Waals surface area contributed by atoms with Gasteiger partial charge in [0.2, 0.25) is 0 Å². The number of hydrogen-bond donors (Lipinski definition) is 1. The molecule has 0 bridgehead atoms. The summed E-state index contributed by atoms with van der Waals surface area (Å²) in [6, 6.07) is 0. The zero-order chi connectivity index (χ0) is 13.6. The molecule has 0 aliphatic carbocycles. The smallest absolute Gasteiger partial charge is 0.450 e. The van der Waals surface area contributed by atoms with Gasteiger partial charge in [0.25, 0.3) is 0 Å². The van der Waals surface area contributed by atoms with E-state index in [1.165, 1.54) is 0 Å². The summed E-state index contributed by atoms with van der Waals surface area (Å²) in [5, 5.41) is 8.45. The van der Waals surface area contributed by atoms with Crippen LogP contribution in [0.15, 0.2) is 0 Å². The van der Waals surface area contributed by atoms with E-state index < -0.39 is 6.16 Å². The van der Waals surface area contributed by atoms with Crippen molar-refractivity contribution in [3.05, 3.63) is 0 Å². The van der Waals surface area contributed by atoms with Crippen LogP contribution < -0.4 is 0 Å². The van der Waals surface area contributed by atoms with E-state index in [1.807, 2.05) is 0 Å². The minimum atomic E-state index is -1.25. The predicted molar refractivity (Wildman–Crippen MR) is 69.0 cm³/mol. The third-order valence-electron chi connectivity index (χ3n) is 2.50. The molecule has 1 N–H and O–H groups in total. The highest BCUT2D eigenvalue weighted by Crippen LogP contribution is 2.06. The van der Waals surface area contributed by atoms with Gasteiger partial charge in [-0.2, -0.15) is 0 Å². The van der Waals surface area contributed by atoms with E-state index in [0.29, 0.717) is 13.2 Å². The SMILES string of the molecule is CCCCOCCOC(CCCC)COC(=O)O. The zero-order valence-corrected chi connectivity index (χ0v) is 11.5. The van der Waals surface area contributed by atoms with E-state index in [-0.39, 0.29) is 12.7 Å². The summed E-state index contributed by atoms with van der Waals surface area (Å²) < 4.78 is 15.5. The Morgan fingerprint density at radius 3 is 2.44 bits per heavy atom. The zero-order valence-electron chi connectivity index (χ0n) is 11.5. The van der Waals surface area contributed by atoms with Crippen LogP contribution in [0.25, 0.3) is 0 Å². The van der Waals surface area contributed by atoms with Crippen molar-refractivity contribution in [1.82, 2.24) is 0 Å². The van der Waals surface area contributed by atoms with Crippen molar-refractivity contribution in [2.24, 2.45) is 0 Å². The molecule has 0 aliphatic rings. The summed E-state index contributed by atoms with van der Waals surface area (Å²) >= 11 is 0. The molecule has 0 saturated heterocycles. The maximum absolute atomic E-state index is 10.3. The van der Waals surface area contributed by atoms with Crippen LogP contribution in [-0.2, 0) is 14.2 Å². The number of carbonyl (C=O) groups is 1. The highest BCUT2D eigenvalue weighted by Gasteiger charge is 2.11. The van der Waals surface area contributed by atoms with Crippen LogP contribution in [0.4, 0.5) is 4.79 Å². The van der Waals surface area contributed by atoms with Gasteiger partial charge in [-0.1, -0.05) is 33.1 Å². The lowest BCUT2D eigenvalue weighted by atomic mass is 10.2. The lowest BCUT2D eigenvalue weighted by Crippen LogP contribution is -2.23. The van der Waals surface area contributed by atoms with Gasteiger partial charge >= 0.3 is 6.16 Å². The van der Waals surface area contributed by atoms with Crippen LogP contribution in [0, 0.1) is 0 Å². The monoisotopic (exact) mass is 262 g/mol. The Morgan fingerprint density at radius 2 is 1.83 bits per heavy atom. The Bertz CT molecular complexity index is 196. The minimum absolute atomic E-state index is 0.101. The van der Waals surface area contributed by atoms with Crippen molar-refractivity contribution < 1.29 is 24.1 Å². The largest absolute Gasteiger partial charge is 0.505 e. The Morgan fingerprint density at radius 1 is 1.11 bits per heavy atom. The molecule has 18 heavy (non-hydrogen) atoms. The molecule has 5 nitrogen and oxygen atoms in total. The number of unbranched alkanes of at least 4 members (excludes halogenated alkanes) is 2. The Balaban J connectivity index is 3.61. The molecule has 5 heteroatoms. The third kappa shape index (κ3) is 11.7. The molecule has 0 saturated carbocycles. The maximum atomic E-state index is 10.3. The second kappa shape index (κ2) is 12.6. The lowest BCUT2D eigenvalue weighted by molar-refractivity contribution is -0.0339. The number of hydrogen-bond acceptors (Lipinski definition) is 4. The first-order chi connectivity index (χ1) is 8.70. The fourth-order valence-corrected chi connectivity index (χ4v) is 1.43. The van der Waals surface area contributed by atoms with Crippen molar-refractivity contribution in [3.63, 3.8) is 0 Å². The first-order valence-corrected chi connectivity index (χ1v) is 6.75. The molecule has 0 rings (SSSR count). The fourth-order valence-electron chi connectivity index (χ4n) is 1.43. The molecule has 0 amide bonds.